The van der Waals surface area contributed by atoms with E-state index in [2.05, 4.69) is 147 Å². The Morgan fingerprint density at radius 2 is 1.44 bits per heavy atom. The molecule has 0 N–H and O–H groups in total. The molecule has 0 aliphatic carbocycles. The van der Waals surface area contributed by atoms with Crippen LogP contribution < -0.4 is 9.80 Å². The Hall–Kier alpha value is -4.51. The van der Waals surface area contributed by atoms with Crippen molar-refractivity contribution in [1.29, 1.82) is 0 Å². The standard InChI is InChI=1S/C22H26N2.C20H14N2O.Ir/c1-16(2)19-12-9-13-20(17(3)4)22(19)21-14-23(5)15-24(21)18-10-7-6-8-11-18;1-21-13-22(17-10-4-3-9-16(17)21)18-11-6-8-15-14-7-2-5-12-19(14)23-20(15)18;/h6-10,12-14,16-17,21H,1-5H3;2-10,12-13H,1H3;/q;-2;. The molecule has 5 aromatic carbocycles. The normalized spacial score (nSPS) is 15.4. The van der Waals surface area contributed by atoms with Gasteiger partial charge in [0.25, 0.3) is 0 Å². The fourth-order valence-electron chi connectivity index (χ4n) is 6.73. The van der Waals surface area contributed by atoms with E-state index in [4.69, 9.17) is 4.42 Å². The van der Waals surface area contributed by atoms with Gasteiger partial charge in [-0.25, -0.2) is 4.58 Å². The number of fused-ring (bicyclic) bond motifs is 4. The van der Waals surface area contributed by atoms with Gasteiger partial charge in [-0.2, -0.15) is 55.2 Å². The Morgan fingerprint density at radius 1 is 0.750 bits per heavy atom. The van der Waals surface area contributed by atoms with Crippen molar-refractivity contribution in [3.05, 3.63) is 139 Å². The number of furan rings is 1. The first-order valence-electron chi connectivity index (χ1n) is 16.3. The first-order chi connectivity index (χ1) is 22.8. The second kappa shape index (κ2) is 13.9. The largest absolute Gasteiger partial charge is 0.514 e. The molecule has 48 heavy (non-hydrogen) atoms. The van der Waals surface area contributed by atoms with Gasteiger partial charge in [-0.05, 0) is 48.2 Å². The Kier molecular flexibility index (Phi) is 9.68. The van der Waals surface area contributed by atoms with Crippen LogP contribution in [0.2, 0.25) is 0 Å². The summed E-state index contributed by atoms with van der Waals surface area (Å²) in [6, 6.07) is 42.2. The van der Waals surface area contributed by atoms with Crippen LogP contribution in [0, 0.1) is 18.8 Å². The van der Waals surface area contributed by atoms with Crippen molar-refractivity contribution in [1.82, 2.24) is 0 Å². The monoisotopic (exact) mass is 809 g/mol. The van der Waals surface area contributed by atoms with Gasteiger partial charge in [0.05, 0.1) is 0 Å². The van der Waals surface area contributed by atoms with Crippen LogP contribution in [-0.2, 0) is 20.1 Å². The van der Waals surface area contributed by atoms with Gasteiger partial charge in [0.15, 0.2) is 6.04 Å². The number of anilines is 3. The summed E-state index contributed by atoms with van der Waals surface area (Å²) < 4.78 is 10.4. The molecule has 0 spiro atoms. The van der Waals surface area contributed by atoms with E-state index in [0.29, 0.717) is 11.8 Å². The van der Waals surface area contributed by atoms with Gasteiger partial charge in [-0.15, -0.1) is 0 Å². The fraction of sp³-hybridized carbons (Fsp3) is 0.214. The van der Waals surface area contributed by atoms with Crippen LogP contribution in [-0.4, -0.2) is 35.8 Å². The van der Waals surface area contributed by atoms with E-state index in [9.17, 15) is 0 Å². The fourth-order valence-corrected chi connectivity index (χ4v) is 6.73. The molecule has 0 saturated heterocycles. The van der Waals surface area contributed by atoms with E-state index < -0.39 is 0 Å². The van der Waals surface area contributed by atoms with Crippen LogP contribution in [0.4, 0.5) is 22.7 Å². The zero-order chi connectivity index (χ0) is 32.7. The summed E-state index contributed by atoms with van der Waals surface area (Å²) in [6.45, 7) is 11.2. The molecule has 1 aromatic heterocycles. The molecule has 1 radical (unpaired) electrons. The molecule has 6 heteroatoms. The average Bonchev–Trinajstić information content (AvgIpc) is 3.78. The van der Waals surface area contributed by atoms with Gasteiger partial charge in [-0.3, -0.25) is 4.58 Å². The topological polar surface area (TPSA) is 25.6 Å². The number of nitrogens with zero attached hydrogens (tertiary/aromatic N) is 4. The van der Waals surface area contributed by atoms with E-state index in [1.807, 2.05) is 48.0 Å². The van der Waals surface area contributed by atoms with Crippen molar-refractivity contribution >= 4 is 57.2 Å². The third-order valence-electron chi connectivity index (χ3n) is 8.94. The summed E-state index contributed by atoms with van der Waals surface area (Å²) in [4.78, 5) is 4.25. The number of rotatable bonds is 5. The Labute approximate surface area is 297 Å². The van der Waals surface area contributed by atoms with E-state index in [1.165, 1.54) is 22.4 Å². The maximum absolute atomic E-state index is 6.13. The Morgan fingerprint density at radius 3 is 2.15 bits per heavy atom. The molecule has 2 aliphatic rings. The van der Waals surface area contributed by atoms with Crippen LogP contribution in [0.5, 0.6) is 0 Å². The molecule has 2 aliphatic heterocycles. The molecule has 1 unspecified atom stereocenters. The molecular formula is C42H40IrN4O-2. The summed E-state index contributed by atoms with van der Waals surface area (Å²) in [7, 11) is 4.10. The van der Waals surface area contributed by atoms with Crippen LogP contribution in [0.1, 0.15) is 62.3 Å². The van der Waals surface area contributed by atoms with Gasteiger partial charge in [0.1, 0.15) is 18.8 Å². The third-order valence-corrected chi connectivity index (χ3v) is 8.94. The molecule has 0 saturated carbocycles. The number of para-hydroxylation sites is 4. The summed E-state index contributed by atoms with van der Waals surface area (Å²) in [5.41, 5.74) is 10.3. The summed E-state index contributed by atoms with van der Waals surface area (Å²) >= 11 is 0. The van der Waals surface area contributed by atoms with Gasteiger partial charge in [0, 0.05) is 53.7 Å². The predicted octanol–water partition coefficient (Wildman–Crippen LogP) is 9.84. The SMILES string of the molecule is CC(C)c1cccc(C(C)C)c1C1C=[N+](C)[C-]=[N+]1c1[c-]cccc1.CN1[CH-]N(c2[c-]ccc3c2oc2ccccc23)c2ccccc21.[Ir]. The molecule has 245 valence electrons. The molecule has 1 atom stereocenters. The molecule has 0 fully saturated rings. The zero-order valence-corrected chi connectivity index (χ0v) is 30.6. The van der Waals surface area contributed by atoms with Crippen LogP contribution in [0.3, 0.4) is 0 Å². The Bertz CT molecular complexity index is 2100. The molecule has 6 aromatic rings. The molecular weight excluding hydrogens is 769 g/mol. The molecule has 5 nitrogen and oxygen atoms in total. The second-order valence-corrected chi connectivity index (χ2v) is 12.8. The van der Waals surface area contributed by atoms with Crippen LogP contribution in [0.15, 0.2) is 108 Å². The third kappa shape index (κ3) is 6.11. The van der Waals surface area contributed by atoms with Crippen LogP contribution in [0.25, 0.3) is 21.9 Å². The van der Waals surface area contributed by atoms with Crippen LogP contribution >= 0.6 is 0 Å². The van der Waals surface area contributed by atoms with Crippen molar-refractivity contribution in [2.75, 3.05) is 23.9 Å². The smallest absolute Gasteiger partial charge is 0.424 e. The van der Waals surface area contributed by atoms with Gasteiger partial charge >= 0.3 is 6.34 Å². The molecule has 0 bridgehead atoms. The minimum atomic E-state index is 0. The number of hydrogen-bond acceptors (Lipinski definition) is 3. The maximum Gasteiger partial charge on any atom is 0.424 e. The number of benzene rings is 5. The minimum absolute atomic E-state index is 0. The first-order valence-corrected chi connectivity index (χ1v) is 16.3. The summed E-state index contributed by atoms with van der Waals surface area (Å²) in [6.07, 6.45) is 5.67. The van der Waals surface area contributed by atoms with Crippen molar-refractivity contribution in [3.63, 3.8) is 0 Å². The van der Waals surface area contributed by atoms with Crippen molar-refractivity contribution in [2.24, 2.45) is 0 Å². The number of hydrogen-bond donors (Lipinski definition) is 0. The molecule has 3 heterocycles. The van der Waals surface area contributed by atoms with Crippen molar-refractivity contribution < 1.29 is 33.7 Å². The summed E-state index contributed by atoms with van der Waals surface area (Å²) in [5, 5.41) is 2.26. The van der Waals surface area contributed by atoms with Gasteiger partial charge in [0.2, 0.25) is 0 Å². The average molecular weight is 809 g/mol. The van der Waals surface area contributed by atoms with Gasteiger partial charge in [-0.1, -0.05) is 87.3 Å². The van der Waals surface area contributed by atoms with Crippen molar-refractivity contribution in [2.45, 2.75) is 45.6 Å². The summed E-state index contributed by atoms with van der Waals surface area (Å²) in [5.74, 6) is 0.971. The van der Waals surface area contributed by atoms with E-state index >= 15 is 0 Å². The molecule has 8 rings (SSSR count). The quantitative estimate of drug-likeness (QED) is 0.128. The molecule has 0 amide bonds. The van der Waals surface area contributed by atoms with E-state index in [-0.39, 0.29) is 26.1 Å². The minimum Gasteiger partial charge on any atom is -0.514 e. The van der Waals surface area contributed by atoms with Gasteiger partial charge < -0.3 is 14.2 Å². The maximum atomic E-state index is 6.13. The van der Waals surface area contributed by atoms with Crippen molar-refractivity contribution in [3.8, 4) is 0 Å². The van der Waals surface area contributed by atoms with E-state index in [1.54, 1.807) is 0 Å². The zero-order valence-electron chi connectivity index (χ0n) is 28.2. The first kappa shape index (κ1) is 33.4. The van der Waals surface area contributed by atoms with E-state index in [0.717, 1.165) is 39.0 Å². The second-order valence-electron chi connectivity index (χ2n) is 12.8. The predicted molar refractivity (Wildman–Crippen MR) is 194 cm³/mol. The Balaban J connectivity index is 0.000000164.